The number of benzene rings is 1. The number of hydrogen-bond acceptors (Lipinski definition) is 4. The van der Waals surface area contributed by atoms with Crippen molar-refractivity contribution in [1.82, 2.24) is 14.0 Å². The number of hydrogen-bond donors (Lipinski definition) is 0. The molecule has 1 fully saturated rings. The first-order chi connectivity index (χ1) is 12.5. The maximum Gasteiger partial charge on any atom is 0.332 e. The molecule has 0 unspecified atom stereocenters. The maximum atomic E-state index is 12.6. The van der Waals surface area contributed by atoms with Gasteiger partial charge in [0, 0.05) is 46.3 Å². The van der Waals surface area contributed by atoms with Gasteiger partial charge in [-0.3, -0.25) is 18.7 Å². The van der Waals surface area contributed by atoms with Crippen molar-refractivity contribution >= 4 is 11.7 Å². The second-order valence-corrected chi connectivity index (χ2v) is 6.63. The molecule has 1 aromatic heterocycles. The summed E-state index contributed by atoms with van der Waals surface area (Å²) in [5, 5.41) is 0. The highest BCUT2D eigenvalue weighted by Gasteiger charge is 2.21. The highest BCUT2D eigenvalue weighted by atomic mass is 16.2. The average molecular weight is 356 g/mol. The number of rotatable bonds is 3. The molecule has 1 aliphatic heterocycles. The van der Waals surface area contributed by atoms with Crippen molar-refractivity contribution < 1.29 is 4.79 Å². The van der Waals surface area contributed by atoms with Gasteiger partial charge in [0.15, 0.2) is 0 Å². The fraction of sp³-hybridized carbons (Fsp3) is 0.421. The van der Waals surface area contributed by atoms with Gasteiger partial charge in [-0.1, -0.05) is 30.3 Å². The SMILES string of the molecule is Cn1c(N2CCCN(C(=O)Cc3ccccc3)CC2)cc(=O)n(C)c1=O. The van der Waals surface area contributed by atoms with E-state index in [1.807, 2.05) is 40.1 Å². The zero-order valence-electron chi connectivity index (χ0n) is 15.2. The number of aromatic nitrogens is 2. The topological polar surface area (TPSA) is 67.5 Å². The molecule has 138 valence electrons. The van der Waals surface area contributed by atoms with Crippen molar-refractivity contribution in [2.75, 3.05) is 31.1 Å². The number of carbonyl (C=O) groups is 1. The summed E-state index contributed by atoms with van der Waals surface area (Å²) >= 11 is 0. The number of nitrogens with zero attached hydrogens (tertiary/aromatic N) is 4. The zero-order chi connectivity index (χ0) is 18.7. The Balaban J connectivity index is 1.72. The molecule has 26 heavy (non-hydrogen) atoms. The van der Waals surface area contributed by atoms with E-state index in [0.29, 0.717) is 38.4 Å². The molecule has 2 heterocycles. The molecule has 3 rings (SSSR count). The van der Waals surface area contributed by atoms with Gasteiger partial charge in [0.05, 0.1) is 6.42 Å². The van der Waals surface area contributed by atoms with E-state index >= 15 is 0 Å². The predicted octanol–water partition coefficient (Wildman–Crippen LogP) is 0.365. The quantitative estimate of drug-likeness (QED) is 0.797. The Morgan fingerprint density at radius 3 is 2.42 bits per heavy atom. The molecule has 7 heteroatoms. The molecule has 1 aliphatic rings. The molecule has 1 amide bonds. The fourth-order valence-corrected chi connectivity index (χ4v) is 3.30. The third-order valence-electron chi connectivity index (χ3n) is 4.87. The van der Waals surface area contributed by atoms with Crippen LogP contribution in [-0.2, 0) is 25.3 Å². The van der Waals surface area contributed by atoms with Gasteiger partial charge in [0.2, 0.25) is 5.91 Å². The molecule has 0 atom stereocenters. The lowest BCUT2D eigenvalue weighted by Crippen LogP contribution is -2.41. The van der Waals surface area contributed by atoms with Gasteiger partial charge in [-0.2, -0.15) is 0 Å². The monoisotopic (exact) mass is 356 g/mol. The zero-order valence-corrected chi connectivity index (χ0v) is 15.2. The standard InChI is InChI=1S/C19H24N4O3/c1-20-16(14-17(24)21(2)19(20)26)22-9-6-10-23(12-11-22)18(25)13-15-7-4-3-5-8-15/h3-5,7-8,14H,6,9-13H2,1-2H3. The van der Waals surface area contributed by atoms with Gasteiger partial charge in [-0.15, -0.1) is 0 Å². The summed E-state index contributed by atoms with van der Waals surface area (Å²) in [6, 6.07) is 11.2. The van der Waals surface area contributed by atoms with Gasteiger partial charge < -0.3 is 9.80 Å². The Labute approximate surface area is 152 Å². The van der Waals surface area contributed by atoms with Crippen LogP contribution in [0.5, 0.6) is 0 Å². The normalized spacial score (nSPS) is 15.0. The molecule has 2 aromatic rings. The highest BCUT2D eigenvalue weighted by molar-refractivity contribution is 5.78. The van der Waals surface area contributed by atoms with Crippen molar-refractivity contribution in [2.45, 2.75) is 12.8 Å². The molecule has 0 aliphatic carbocycles. The van der Waals surface area contributed by atoms with E-state index in [1.54, 1.807) is 7.05 Å². The van der Waals surface area contributed by atoms with Crippen molar-refractivity contribution in [3.8, 4) is 0 Å². The molecule has 0 saturated carbocycles. The van der Waals surface area contributed by atoms with Crippen molar-refractivity contribution in [2.24, 2.45) is 14.1 Å². The van der Waals surface area contributed by atoms with E-state index in [1.165, 1.54) is 17.7 Å². The minimum absolute atomic E-state index is 0.107. The third-order valence-corrected chi connectivity index (χ3v) is 4.87. The molecule has 1 saturated heterocycles. The summed E-state index contributed by atoms with van der Waals surface area (Å²) in [6.07, 6.45) is 1.19. The van der Waals surface area contributed by atoms with Crippen LogP contribution in [0.25, 0.3) is 0 Å². The van der Waals surface area contributed by atoms with Gasteiger partial charge >= 0.3 is 5.69 Å². The molecule has 0 radical (unpaired) electrons. The molecule has 0 N–H and O–H groups in total. The van der Waals surface area contributed by atoms with Crippen LogP contribution in [0.1, 0.15) is 12.0 Å². The smallest absolute Gasteiger partial charge is 0.332 e. The Hall–Kier alpha value is -2.83. The summed E-state index contributed by atoms with van der Waals surface area (Å²) < 4.78 is 2.58. The molecule has 0 spiro atoms. The lowest BCUT2D eigenvalue weighted by molar-refractivity contribution is -0.130. The van der Waals surface area contributed by atoms with Gasteiger partial charge in [-0.25, -0.2) is 4.79 Å². The van der Waals surface area contributed by atoms with Crippen LogP contribution in [0.4, 0.5) is 5.82 Å². The van der Waals surface area contributed by atoms with Crippen LogP contribution in [0.15, 0.2) is 46.0 Å². The minimum Gasteiger partial charge on any atom is -0.356 e. The van der Waals surface area contributed by atoms with E-state index in [2.05, 4.69) is 0 Å². The first kappa shape index (κ1) is 18.0. The van der Waals surface area contributed by atoms with E-state index in [9.17, 15) is 14.4 Å². The van der Waals surface area contributed by atoms with Crippen LogP contribution in [0, 0.1) is 0 Å². The largest absolute Gasteiger partial charge is 0.356 e. The summed E-state index contributed by atoms with van der Waals surface area (Å²) in [5.41, 5.74) is 0.352. The lowest BCUT2D eigenvalue weighted by Gasteiger charge is -2.25. The number of anilines is 1. The summed E-state index contributed by atoms with van der Waals surface area (Å²) in [4.78, 5) is 40.6. The van der Waals surface area contributed by atoms with Gasteiger partial charge in [-0.05, 0) is 12.0 Å². The van der Waals surface area contributed by atoms with E-state index < -0.39 is 0 Å². The third kappa shape index (κ3) is 3.71. The molecular formula is C19H24N4O3. The first-order valence-corrected chi connectivity index (χ1v) is 8.81. The minimum atomic E-state index is -0.339. The summed E-state index contributed by atoms with van der Waals surface area (Å²) in [6.45, 7) is 2.56. The van der Waals surface area contributed by atoms with Crippen LogP contribution >= 0.6 is 0 Å². The Bertz CT molecular complexity index is 901. The van der Waals surface area contributed by atoms with Crippen LogP contribution < -0.4 is 16.1 Å². The van der Waals surface area contributed by atoms with Gasteiger partial charge in [0.25, 0.3) is 5.56 Å². The fourth-order valence-electron chi connectivity index (χ4n) is 3.30. The Morgan fingerprint density at radius 1 is 0.962 bits per heavy atom. The number of amides is 1. The van der Waals surface area contributed by atoms with E-state index in [-0.39, 0.29) is 17.2 Å². The first-order valence-electron chi connectivity index (χ1n) is 8.81. The van der Waals surface area contributed by atoms with E-state index in [0.717, 1.165) is 16.6 Å². The van der Waals surface area contributed by atoms with Crippen LogP contribution in [0.3, 0.4) is 0 Å². The summed E-state index contributed by atoms with van der Waals surface area (Å²) in [5.74, 6) is 0.714. The van der Waals surface area contributed by atoms with Gasteiger partial charge in [0.1, 0.15) is 5.82 Å². The van der Waals surface area contributed by atoms with Crippen LogP contribution in [-0.4, -0.2) is 46.1 Å². The van der Waals surface area contributed by atoms with Crippen molar-refractivity contribution in [3.63, 3.8) is 0 Å². The Morgan fingerprint density at radius 2 is 1.69 bits per heavy atom. The van der Waals surface area contributed by atoms with E-state index in [4.69, 9.17) is 0 Å². The van der Waals surface area contributed by atoms with Crippen LogP contribution in [0.2, 0.25) is 0 Å². The van der Waals surface area contributed by atoms with Crippen molar-refractivity contribution in [3.05, 3.63) is 62.8 Å². The highest BCUT2D eigenvalue weighted by Crippen LogP contribution is 2.13. The van der Waals surface area contributed by atoms with Crippen molar-refractivity contribution in [1.29, 1.82) is 0 Å². The second-order valence-electron chi connectivity index (χ2n) is 6.63. The summed E-state index contributed by atoms with van der Waals surface area (Å²) in [7, 11) is 3.14. The molecular weight excluding hydrogens is 332 g/mol. The number of carbonyl (C=O) groups excluding carboxylic acids is 1. The molecule has 7 nitrogen and oxygen atoms in total. The molecule has 1 aromatic carbocycles. The maximum absolute atomic E-state index is 12.6. The lowest BCUT2D eigenvalue weighted by atomic mass is 10.1. The Kier molecular flexibility index (Phi) is 5.25. The second kappa shape index (κ2) is 7.59. The molecule has 0 bridgehead atoms. The predicted molar refractivity (Wildman–Crippen MR) is 100 cm³/mol. The average Bonchev–Trinajstić information content (AvgIpc) is 2.90.